The summed E-state index contributed by atoms with van der Waals surface area (Å²) in [5.74, 6) is -5.28. The molecule has 0 radical (unpaired) electrons. The lowest BCUT2D eigenvalue weighted by atomic mass is 9.94. The van der Waals surface area contributed by atoms with Crippen LogP contribution >= 0.6 is 11.6 Å². The number of amides is 1. The van der Waals surface area contributed by atoms with E-state index in [0.29, 0.717) is 10.6 Å². The van der Waals surface area contributed by atoms with E-state index in [2.05, 4.69) is 5.32 Å². The van der Waals surface area contributed by atoms with Gasteiger partial charge in [-0.1, -0.05) is 36.7 Å². The summed E-state index contributed by atoms with van der Waals surface area (Å²) in [6.45, 7) is 1.46. The van der Waals surface area contributed by atoms with Crippen LogP contribution in [0.4, 0.5) is 23.2 Å². The highest BCUT2D eigenvalue weighted by atomic mass is 35.5. The van der Waals surface area contributed by atoms with Crippen molar-refractivity contribution in [2.45, 2.75) is 31.9 Å². The van der Waals surface area contributed by atoms with Gasteiger partial charge in [-0.25, -0.2) is 4.39 Å². The summed E-state index contributed by atoms with van der Waals surface area (Å²) < 4.78 is 53.1. The highest BCUT2D eigenvalue weighted by Crippen LogP contribution is 2.33. The number of carboxylic acids is 1. The van der Waals surface area contributed by atoms with Crippen LogP contribution in [-0.4, -0.2) is 23.2 Å². The van der Waals surface area contributed by atoms with Crippen molar-refractivity contribution in [1.29, 1.82) is 0 Å². The van der Waals surface area contributed by atoms with Gasteiger partial charge in [-0.3, -0.25) is 9.59 Å². The van der Waals surface area contributed by atoms with Gasteiger partial charge < -0.3 is 10.4 Å². The lowest BCUT2D eigenvalue weighted by Crippen LogP contribution is -2.26. The second-order valence-corrected chi connectivity index (χ2v) is 7.11. The average molecular weight is 432 g/mol. The van der Waals surface area contributed by atoms with E-state index in [1.807, 2.05) is 0 Å². The van der Waals surface area contributed by atoms with Crippen LogP contribution in [0.5, 0.6) is 0 Å². The van der Waals surface area contributed by atoms with E-state index in [1.54, 1.807) is 0 Å². The second kappa shape index (κ2) is 9.26. The molecule has 0 saturated carbocycles. The van der Waals surface area contributed by atoms with Crippen LogP contribution in [-0.2, 0) is 16.0 Å². The zero-order valence-corrected chi connectivity index (χ0v) is 16.0. The normalized spacial score (nSPS) is 13.6. The minimum atomic E-state index is -4.63. The number of carbonyl (C=O) groups excluding carboxylic acids is 1. The third-order valence-corrected chi connectivity index (χ3v) is 4.53. The first-order valence-electron chi connectivity index (χ1n) is 8.60. The van der Waals surface area contributed by atoms with Gasteiger partial charge >= 0.3 is 12.1 Å². The Hall–Kier alpha value is -2.61. The van der Waals surface area contributed by atoms with E-state index in [9.17, 15) is 27.2 Å². The third kappa shape index (κ3) is 6.74. The predicted molar refractivity (Wildman–Crippen MR) is 100 cm³/mol. The number of aliphatic carboxylic acids is 1. The van der Waals surface area contributed by atoms with Gasteiger partial charge in [0.05, 0.1) is 23.9 Å². The molecule has 0 bridgehead atoms. The molecule has 2 unspecified atom stereocenters. The Kier molecular flexibility index (Phi) is 7.24. The fraction of sp³-hybridized carbons (Fsp3) is 0.300. The number of rotatable bonds is 7. The fourth-order valence-electron chi connectivity index (χ4n) is 2.74. The number of halogens is 5. The van der Waals surface area contributed by atoms with Crippen molar-refractivity contribution >= 4 is 29.2 Å². The maximum absolute atomic E-state index is 14.1. The van der Waals surface area contributed by atoms with Gasteiger partial charge in [0.1, 0.15) is 5.82 Å². The smallest absolute Gasteiger partial charge is 0.390 e. The molecule has 0 aliphatic carbocycles. The maximum atomic E-state index is 14.1. The third-order valence-electron chi connectivity index (χ3n) is 4.28. The Balaban J connectivity index is 2.28. The van der Waals surface area contributed by atoms with Crippen LogP contribution in [0.3, 0.4) is 0 Å². The number of benzene rings is 2. The Morgan fingerprint density at radius 2 is 1.76 bits per heavy atom. The summed E-state index contributed by atoms with van der Waals surface area (Å²) in [5.41, 5.74) is 0.196. The van der Waals surface area contributed by atoms with Crippen LogP contribution in [0.1, 0.15) is 30.4 Å². The van der Waals surface area contributed by atoms with Gasteiger partial charge in [0, 0.05) is 5.02 Å². The van der Waals surface area contributed by atoms with Gasteiger partial charge in [0.2, 0.25) is 5.91 Å². The number of anilines is 1. The van der Waals surface area contributed by atoms with Crippen molar-refractivity contribution in [1.82, 2.24) is 0 Å². The first-order chi connectivity index (χ1) is 13.5. The van der Waals surface area contributed by atoms with Crippen LogP contribution in [0.15, 0.2) is 42.5 Å². The SMILES string of the molecule is CC(Cc1ccc(F)c(NC(=O)C(CC(F)(F)F)c2ccc(Cl)cc2)c1)C(=O)O. The van der Waals surface area contributed by atoms with E-state index in [1.165, 1.54) is 43.3 Å². The molecule has 0 aliphatic rings. The molecule has 2 aromatic rings. The molecule has 1 amide bonds. The molecule has 156 valence electrons. The largest absolute Gasteiger partial charge is 0.481 e. The van der Waals surface area contributed by atoms with Gasteiger partial charge in [0.25, 0.3) is 0 Å². The van der Waals surface area contributed by atoms with Gasteiger partial charge in [-0.05, 0) is 41.8 Å². The first-order valence-corrected chi connectivity index (χ1v) is 8.98. The number of alkyl halides is 3. The summed E-state index contributed by atoms with van der Waals surface area (Å²) in [6.07, 6.45) is -5.99. The summed E-state index contributed by atoms with van der Waals surface area (Å²) in [6, 6.07) is 8.94. The summed E-state index contributed by atoms with van der Waals surface area (Å²) >= 11 is 5.75. The Labute approximate surface area is 169 Å². The van der Waals surface area contributed by atoms with Crippen molar-refractivity contribution in [3.8, 4) is 0 Å². The van der Waals surface area contributed by atoms with E-state index in [-0.39, 0.29) is 17.7 Å². The summed E-state index contributed by atoms with van der Waals surface area (Å²) in [7, 11) is 0. The zero-order chi connectivity index (χ0) is 21.8. The number of carboxylic acid groups (broad SMARTS) is 1. The predicted octanol–water partition coefficient (Wildman–Crippen LogP) is 5.42. The van der Waals surface area contributed by atoms with E-state index < -0.39 is 42.1 Å². The van der Waals surface area contributed by atoms with Crippen molar-refractivity contribution < 1.29 is 32.3 Å². The quantitative estimate of drug-likeness (QED) is 0.575. The van der Waals surface area contributed by atoms with Gasteiger partial charge in [0.15, 0.2) is 0 Å². The van der Waals surface area contributed by atoms with Crippen molar-refractivity contribution in [2.24, 2.45) is 5.92 Å². The highest BCUT2D eigenvalue weighted by molar-refractivity contribution is 6.30. The molecule has 0 spiro atoms. The van der Waals surface area contributed by atoms with Crippen LogP contribution < -0.4 is 5.32 Å². The highest BCUT2D eigenvalue weighted by Gasteiger charge is 2.36. The first kappa shape index (κ1) is 22.7. The van der Waals surface area contributed by atoms with Crippen LogP contribution in [0.25, 0.3) is 0 Å². The van der Waals surface area contributed by atoms with Crippen molar-refractivity contribution in [3.63, 3.8) is 0 Å². The molecule has 29 heavy (non-hydrogen) atoms. The molecule has 0 saturated heterocycles. The number of carbonyl (C=O) groups is 2. The Morgan fingerprint density at radius 1 is 1.14 bits per heavy atom. The average Bonchev–Trinajstić information content (AvgIpc) is 2.62. The number of nitrogens with one attached hydrogen (secondary N) is 1. The van der Waals surface area contributed by atoms with Gasteiger partial charge in [-0.15, -0.1) is 0 Å². The molecular formula is C20H18ClF4NO3. The molecule has 2 rings (SSSR count). The molecule has 0 fully saturated rings. The molecule has 0 aliphatic heterocycles. The van der Waals surface area contributed by atoms with Crippen LogP contribution in [0, 0.1) is 11.7 Å². The minimum absolute atomic E-state index is 0.0711. The minimum Gasteiger partial charge on any atom is -0.481 e. The molecule has 2 N–H and O–H groups in total. The lowest BCUT2D eigenvalue weighted by molar-refractivity contribution is -0.146. The van der Waals surface area contributed by atoms with E-state index in [4.69, 9.17) is 16.7 Å². The van der Waals surface area contributed by atoms with E-state index in [0.717, 1.165) is 6.07 Å². The molecule has 4 nitrogen and oxygen atoms in total. The Morgan fingerprint density at radius 3 is 2.31 bits per heavy atom. The Bertz CT molecular complexity index is 884. The standard InChI is InChI=1S/C20H18ClF4NO3/c1-11(19(28)29)8-12-2-7-16(22)17(9-12)26-18(27)15(10-20(23,24)25)13-3-5-14(21)6-4-13/h2-7,9,11,15H,8,10H2,1H3,(H,26,27)(H,28,29). The molecule has 9 heteroatoms. The molecule has 2 atom stereocenters. The summed E-state index contributed by atoms with van der Waals surface area (Å²) in [5, 5.41) is 11.5. The fourth-order valence-corrected chi connectivity index (χ4v) is 2.87. The lowest BCUT2D eigenvalue weighted by Gasteiger charge is -2.19. The topological polar surface area (TPSA) is 66.4 Å². The van der Waals surface area contributed by atoms with Crippen molar-refractivity contribution in [3.05, 3.63) is 64.4 Å². The van der Waals surface area contributed by atoms with Crippen LogP contribution in [0.2, 0.25) is 5.02 Å². The maximum Gasteiger partial charge on any atom is 0.390 e. The second-order valence-electron chi connectivity index (χ2n) is 6.67. The number of hydrogen-bond donors (Lipinski definition) is 2. The zero-order valence-electron chi connectivity index (χ0n) is 15.3. The number of hydrogen-bond acceptors (Lipinski definition) is 2. The molecule has 2 aromatic carbocycles. The van der Waals surface area contributed by atoms with Crippen molar-refractivity contribution in [2.75, 3.05) is 5.32 Å². The molecule has 0 aromatic heterocycles. The van der Waals surface area contributed by atoms with E-state index >= 15 is 0 Å². The summed E-state index contributed by atoms with van der Waals surface area (Å²) in [4.78, 5) is 23.5. The van der Waals surface area contributed by atoms with Gasteiger partial charge in [-0.2, -0.15) is 13.2 Å². The molecule has 0 heterocycles. The molecular weight excluding hydrogens is 414 g/mol. The monoisotopic (exact) mass is 431 g/mol.